The van der Waals surface area contributed by atoms with E-state index in [-0.39, 0.29) is 12.8 Å². The van der Waals surface area contributed by atoms with Gasteiger partial charge < -0.3 is 0 Å². The van der Waals surface area contributed by atoms with Crippen LogP contribution in [0.5, 0.6) is 0 Å². The van der Waals surface area contributed by atoms with Crippen LogP contribution in [0.3, 0.4) is 0 Å². The second kappa shape index (κ2) is 11.5. The molecule has 0 amide bonds. The van der Waals surface area contributed by atoms with Crippen molar-refractivity contribution in [2.75, 3.05) is 0 Å². The van der Waals surface area contributed by atoms with Gasteiger partial charge in [-0.1, -0.05) is 84.0 Å². The highest BCUT2D eigenvalue weighted by Gasteiger charge is 2.08. The first-order chi connectivity index (χ1) is 13.5. The van der Waals surface area contributed by atoms with Crippen molar-refractivity contribution >= 4 is 24.1 Å². The van der Waals surface area contributed by atoms with Crippen molar-refractivity contribution in [1.29, 1.82) is 0 Å². The molecule has 0 radical (unpaired) electrons. The normalized spacial score (nSPS) is 11.1. The highest BCUT2D eigenvalue weighted by Crippen LogP contribution is 2.08. The van der Waals surface area contributed by atoms with Crippen LogP contribution in [0.2, 0.25) is 0 Å². The van der Waals surface area contributed by atoms with Crippen LogP contribution in [0.4, 0.5) is 0 Å². The number of carbonyl (C=O) groups excluding carboxylic acids is 2. The summed E-state index contributed by atoms with van der Waals surface area (Å²) in [4.78, 5) is 32.3. The van der Waals surface area contributed by atoms with E-state index in [1.54, 1.807) is 0 Å². The molecule has 0 N–H and O–H groups in total. The van der Waals surface area contributed by atoms with Gasteiger partial charge in [-0.25, -0.2) is 19.4 Å². The van der Waals surface area contributed by atoms with E-state index in [9.17, 15) is 9.59 Å². The highest BCUT2D eigenvalue weighted by atomic mass is 17.2. The molecule has 146 valence electrons. The van der Waals surface area contributed by atoms with Crippen LogP contribution in [0.25, 0.3) is 12.2 Å². The second-order valence-electron chi connectivity index (χ2n) is 6.61. The maximum absolute atomic E-state index is 11.6. The van der Waals surface area contributed by atoms with E-state index in [1.165, 1.54) is 11.1 Å². The van der Waals surface area contributed by atoms with Crippen LogP contribution in [0.15, 0.2) is 60.7 Å². The van der Waals surface area contributed by atoms with Crippen LogP contribution in [0, 0.1) is 13.8 Å². The van der Waals surface area contributed by atoms with Crippen molar-refractivity contribution in [3.63, 3.8) is 0 Å². The van der Waals surface area contributed by atoms with Gasteiger partial charge in [-0.05, 0) is 37.8 Å². The summed E-state index contributed by atoms with van der Waals surface area (Å²) in [7, 11) is 0. The summed E-state index contributed by atoms with van der Waals surface area (Å²) in [6.45, 7) is 4.07. The third-order valence-electron chi connectivity index (χ3n) is 4.03. The number of carbonyl (C=O) groups is 2. The fourth-order valence-corrected chi connectivity index (χ4v) is 2.37. The quantitative estimate of drug-likeness (QED) is 0.444. The summed E-state index contributed by atoms with van der Waals surface area (Å²) in [5, 5.41) is 0. The molecule has 28 heavy (non-hydrogen) atoms. The Morgan fingerprint density at radius 3 is 1.39 bits per heavy atom. The fourth-order valence-electron chi connectivity index (χ4n) is 2.37. The molecule has 0 saturated carbocycles. The maximum Gasteiger partial charge on any atom is 0.355 e. The Hall–Kier alpha value is -3.14. The Morgan fingerprint density at radius 2 is 1.04 bits per heavy atom. The average molecular weight is 378 g/mol. The Labute approximate surface area is 166 Å². The van der Waals surface area contributed by atoms with Crippen LogP contribution >= 0.6 is 0 Å². The summed E-state index contributed by atoms with van der Waals surface area (Å²) in [5.74, 6) is -1.12. The Bertz CT molecular complexity index is 743. The lowest BCUT2D eigenvalue weighted by Crippen LogP contribution is -2.10. The first-order valence-corrected chi connectivity index (χ1v) is 9.39. The third kappa shape index (κ3) is 8.49. The predicted octanol–water partition coefficient (Wildman–Crippen LogP) is 5.59. The van der Waals surface area contributed by atoms with Crippen molar-refractivity contribution in [1.82, 2.24) is 0 Å². The monoisotopic (exact) mass is 378 g/mol. The maximum atomic E-state index is 11.6. The number of allylic oxidation sites excluding steroid dienone is 2. The molecule has 0 unspecified atom stereocenters. The third-order valence-corrected chi connectivity index (χ3v) is 4.03. The van der Waals surface area contributed by atoms with E-state index in [0.29, 0.717) is 12.8 Å². The first kappa shape index (κ1) is 21.2. The lowest BCUT2D eigenvalue weighted by atomic mass is 10.1. The minimum atomic E-state index is -0.558. The number of hydrogen-bond donors (Lipinski definition) is 0. The van der Waals surface area contributed by atoms with Gasteiger partial charge in [0.05, 0.1) is 12.8 Å². The molecule has 0 atom stereocenters. The lowest BCUT2D eigenvalue weighted by molar-refractivity contribution is -0.259. The van der Waals surface area contributed by atoms with Gasteiger partial charge in [0.2, 0.25) is 0 Å². The molecule has 2 rings (SSSR count). The molecule has 0 aliphatic rings. The number of benzene rings is 2. The van der Waals surface area contributed by atoms with Crippen LogP contribution in [-0.2, 0) is 19.4 Å². The summed E-state index contributed by atoms with van der Waals surface area (Å²) in [6, 6.07) is 16.2. The molecule has 0 heterocycles. The van der Waals surface area contributed by atoms with Crippen molar-refractivity contribution in [2.45, 2.75) is 39.5 Å². The molecule has 2 aromatic rings. The zero-order chi connectivity index (χ0) is 20.2. The van der Waals surface area contributed by atoms with Gasteiger partial charge in [0.1, 0.15) is 0 Å². The average Bonchev–Trinajstić information content (AvgIpc) is 2.69. The zero-order valence-electron chi connectivity index (χ0n) is 16.4. The van der Waals surface area contributed by atoms with Crippen LogP contribution in [-0.4, -0.2) is 11.9 Å². The second-order valence-corrected chi connectivity index (χ2v) is 6.61. The lowest BCUT2D eigenvalue weighted by Gasteiger charge is -2.01. The molecule has 0 aromatic heterocycles. The summed E-state index contributed by atoms with van der Waals surface area (Å²) >= 11 is 0. The molecule has 0 bridgehead atoms. The fraction of sp³-hybridized carbons (Fsp3) is 0.250. The molecule has 0 aliphatic heterocycles. The minimum Gasteiger partial charge on any atom is -0.247 e. The molecule has 0 aliphatic carbocycles. The smallest absolute Gasteiger partial charge is 0.247 e. The van der Waals surface area contributed by atoms with Gasteiger partial charge in [-0.3, -0.25) is 0 Å². The Balaban J connectivity index is 1.58. The van der Waals surface area contributed by atoms with E-state index >= 15 is 0 Å². The topological polar surface area (TPSA) is 52.6 Å². The largest absolute Gasteiger partial charge is 0.355 e. The van der Waals surface area contributed by atoms with Crippen molar-refractivity contribution in [2.24, 2.45) is 0 Å². The summed E-state index contributed by atoms with van der Waals surface area (Å²) in [6.07, 6.45) is 9.02. The predicted molar refractivity (Wildman–Crippen MR) is 111 cm³/mol. The molecule has 4 heteroatoms. The van der Waals surface area contributed by atoms with Gasteiger partial charge in [0.15, 0.2) is 0 Å². The van der Waals surface area contributed by atoms with Crippen molar-refractivity contribution in [3.8, 4) is 0 Å². The van der Waals surface area contributed by atoms with E-state index in [0.717, 1.165) is 11.1 Å². The molecule has 2 aromatic carbocycles. The SMILES string of the molecule is Cc1ccc(C=CCCC(=O)OOC(=O)CC/C=C/c2ccc(C)cc2)cc1. The molecule has 4 nitrogen and oxygen atoms in total. The van der Waals surface area contributed by atoms with Gasteiger partial charge in [-0.2, -0.15) is 0 Å². The van der Waals surface area contributed by atoms with Gasteiger partial charge in [0, 0.05) is 0 Å². The van der Waals surface area contributed by atoms with Crippen molar-refractivity contribution in [3.05, 3.63) is 82.9 Å². The van der Waals surface area contributed by atoms with Crippen LogP contribution < -0.4 is 0 Å². The Kier molecular flexibility index (Phi) is 8.73. The Morgan fingerprint density at radius 1 is 0.679 bits per heavy atom. The highest BCUT2D eigenvalue weighted by molar-refractivity contribution is 5.73. The van der Waals surface area contributed by atoms with Gasteiger partial charge in [0.25, 0.3) is 0 Å². The van der Waals surface area contributed by atoms with E-state index in [2.05, 4.69) is 9.78 Å². The standard InChI is InChI=1S/C24H26O4/c1-19-11-15-21(16-12-19)7-3-5-9-23(25)27-28-24(26)10-6-4-8-22-17-13-20(2)14-18-22/h3-4,7-8,11-18H,5-6,9-10H2,1-2H3/b7-3+,8-4?. The molecule has 0 fully saturated rings. The number of rotatable bonds is 8. The van der Waals surface area contributed by atoms with Gasteiger partial charge in [-0.15, -0.1) is 0 Å². The van der Waals surface area contributed by atoms with Gasteiger partial charge >= 0.3 is 11.9 Å². The summed E-state index contributed by atoms with van der Waals surface area (Å²) in [5.41, 5.74) is 4.55. The zero-order valence-corrected chi connectivity index (χ0v) is 16.4. The molecular weight excluding hydrogens is 352 g/mol. The van der Waals surface area contributed by atoms with Crippen molar-refractivity contribution < 1.29 is 19.4 Å². The molecule has 0 saturated heterocycles. The number of aryl methyl sites for hydroxylation is 2. The van der Waals surface area contributed by atoms with E-state index < -0.39 is 11.9 Å². The summed E-state index contributed by atoms with van der Waals surface area (Å²) < 4.78 is 0. The molecular formula is C24H26O4. The van der Waals surface area contributed by atoms with E-state index in [1.807, 2.05) is 86.7 Å². The van der Waals surface area contributed by atoms with E-state index in [4.69, 9.17) is 0 Å². The molecule has 0 spiro atoms. The number of hydrogen-bond acceptors (Lipinski definition) is 4. The van der Waals surface area contributed by atoms with Crippen LogP contribution in [0.1, 0.15) is 47.9 Å². The first-order valence-electron chi connectivity index (χ1n) is 9.39. The minimum absolute atomic E-state index is 0.156.